The molecule has 3 heterocycles. The summed E-state index contributed by atoms with van der Waals surface area (Å²) in [5.74, 6) is 2.50. The lowest BCUT2D eigenvalue weighted by Crippen LogP contribution is -2.17. The zero-order chi connectivity index (χ0) is 15.8. The van der Waals surface area contributed by atoms with Crippen LogP contribution in [0.3, 0.4) is 0 Å². The maximum absolute atomic E-state index is 12.5. The van der Waals surface area contributed by atoms with E-state index in [1.54, 1.807) is 18.7 Å². The van der Waals surface area contributed by atoms with Gasteiger partial charge in [0.1, 0.15) is 11.6 Å². The van der Waals surface area contributed by atoms with E-state index in [4.69, 9.17) is 4.42 Å². The van der Waals surface area contributed by atoms with E-state index < -0.39 is 0 Å². The van der Waals surface area contributed by atoms with E-state index >= 15 is 0 Å². The van der Waals surface area contributed by atoms with Crippen molar-refractivity contribution < 1.29 is 9.21 Å². The summed E-state index contributed by atoms with van der Waals surface area (Å²) < 4.78 is 7.24. The molecule has 0 aromatic carbocycles. The molecule has 23 heavy (non-hydrogen) atoms. The molecule has 3 aromatic rings. The smallest absolute Gasteiger partial charge is 0.228 e. The minimum atomic E-state index is -0.0434. The summed E-state index contributed by atoms with van der Waals surface area (Å²) in [7, 11) is 0. The van der Waals surface area contributed by atoms with Crippen molar-refractivity contribution in [3.8, 4) is 5.82 Å². The summed E-state index contributed by atoms with van der Waals surface area (Å²) in [5.41, 5.74) is 0.684. The second-order valence-electron chi connectivity index (χ2n) is 5.67. The molecule has 1 amide bonds. The molecule has 1 aliphatic carbocycles. The van der Waals surface area contributed by atoms with Crippen LogP contribution in [0.5, 0.6) is 0 Å². The van der Waals surface area contributed by atoms with Crippen LogP contribution in [0.25, 0.3) is 5.82 Å². The molecular formula is C17H16N4O2. The van der Waals surface area contributed by atoms with Gasteiger partial charge in [-0.05, 0) is 37.6 Å². The van der Waals surface area contributed by atoms with Crippen LogP contribution in [-0.4, -0.2) is 20.4 Å². The maximum atomic E-state index is 12.5. The fourth-order valence-electron chi connectivity index (χ4n) is 2.82. The van der Waals surface area contributed by atoms with Crippen molar-refractivity contribution in [1.82, 2.24) is 14.5 Å². The van der Waals surface area contributed by atoms with Crippen molar-refractivity contribution in [2.75, 3.05) is 5.32 Å². The fraction of sp³-hybridized carbons (Fsp3) is 0.235. The van der Waals surface area contributed by atoms with E-state index in [1.165, 1.54) is 0 Å². The highest BCUT2D eigenvalue weighted by Gasteiger charge is 2.46. The number of rotatable bonds is 4. The first-order chi connectivity index (χ1) is 11.2. The maximum Gasteiger partial charge on any atom is 0.228 e. The molecule has 0 radical (unpaired) electrons. The highest BCUT2D eigenvalue weighted by Crippen LogP contribution is 2.48. The van der Waals surface area contributed by atoms with E-state index in [0.717, 1.165) is 18.0 Å². The monoisotopic (exact) mass is 308 g/mol. The second-order valence-corrected chi connectivity index (χ2v) is 5.67. The highest BCUT2D eigenvalue weighted by atomic mass is 16.3. The van der Waals surface area contributed by atoms with Gasteiger partial charge in [-0.1, -0.05) is 0 Å². The molecular weight excluding hydrogens is 292 g/mol. The Morgan fingerprint density at radius 1 is 1.30 bits per heavy atom. The number of nitrogens with one attached hydrogen (secondary N) is 1. The number of hydrogen-bond donors (Lipinski definition) is 1. The lowest BCUT2D eigenvalue weighted by molar-refractivity contribution is -0.117. The third-order valence-electron chi connectivity index (χ3n) is 4.13. The molecule has 1 N–H and O–H groups in total. The number of carbonyl (C=O) groups excluding carboxylic acids is 1. The lowest BCUT2D eigenvalue weighted by Gasteiger charge is -2.11. The Hall–Kier alpha value is -2.89. The van der Waals surface area contributed by atoms with Crippen LogP contribution in [-0.2, 0) is 4.79 Å². The van der Waals surface area contributed by atoms with Crippen LogP contribution in [0.2, 0.25) is 0 Å². The highest BCUT2D eigenvalue weighted by molar-refractivity contribution is 5.96. The zero-order valence-electron chi connectivity index (χ0n) is 12.6. The van der Waals surface area contributed by atoms with Crippen molar-refractivity contribution in [3.63, 3.8) is 0 Å². The van der Waals surface area contributed by atoms with Crippen LogP contribution in [0, 0.1) is 12.8 Å². The summed E-state index contributed by atoms with van der Waals surface area (Å²) >= 11 is 0. The van der Waals surface area contributed by atoms with Gasteiger partial charge in [0, 0.05) is 30.4 Å². The number of nitrogens with zero attached hydrogens (tertiary/aromatic N) is 3. The van der Waals surface area contributed by atoms with Crippen molar-refractivity contribution in [2.45, 2.75) is 19.3 Å². The third kappa shape index (κ3) is 2.52. The molecule has 4 rings (SSSR count). The Bertz CT molecular complexity index is 838. The zero-order valence-corrected chi connectivity index (χ0v) is 12.6. The molecule has 116 valence electrons. The topological polar surface area (TPSA) is 73.0 Å². The molecule has 0 unspecified atom stereocenters. The van der Waals surface area contributed by atoms with Gasteiger partial charge in [0.15, 0.2) is 5.82 Å². The van der Waals surface area contributed by atoms with Crippen LogP contribution < -0.4 is 5.32 Å². The molecule has 6 heteroatoms. The first kappa shape index (κ1) is 13.8. The molecule has 6 nitrogen and oxygen atoms in total. The molecule has 2 atom stereocenters. The Morgan fingerprint density at radius 2 is 2.22 bits per heavy atom. The van der Waals surface area contributed by atoms with Crippen molar-refractivity contribution >= 4 is 11.6 Å². The van der Waals surface area contributed by atoms with Gasteiger partial charge >= 0.3 is 0 Å². The molecule has 3 aromatic heterocycles. The second kappa shape index (κ2) is 5.39. The number of amides is 1. The average Bonchev–Trinajstić information content (AvgIpc) is 2.96. The SMILES string of the molecule is Cc1nccn1-c1ncccc1NC(=O)[C@H]1C[C@H]1c1ccco1. The summed E-state index contributed by atoms with van der Waals surface area (Å²) in [6, 6.07) is 7.43. The van der Waals surface area contributed by atoms with Crippen LogP contribution in [0.4, 0.5) is 5.69 Å². The van der Waals surface area contributed by atoms with Crippen LogP contribution in [0.15, 0.2) is 53.5 Å². The number of anilines is 1. The summed E-state index contributed by atoms with van der Waals surface area (Å²) in [5, 5.41) is 2.99. The van der Waals surface area contributed by atoms with Crippen molar-refractivity contribution in [3.05, 3.63) is 60.7 Å². The van der Waals surface area contributed by atoms with E-state index in [1.807, 2.05) is 42.0 Å². The van der Waals surface area contributed by atoms with Gasteiger partial charge in [-0.2, -0.15) is 0 Å². The van der Waals surface area contributed by atoms with E-state index in [-0.39, 0.29) is 17.7 Å². The minimum Gasteiger partial charge on any atom is -0.469 e. The number of pyridine rings is 1. The average molecular weight is 308 g/mol. The van der Waals surface area contributed by atoms with Crippen molar-refractivity contribution in [1.29, 1.82) is 0 Å². The minimum absolute atomic E-state index is 0.00146. The van der Waals surface area contributed by atoms with Gasteiger partial charge in [0.25, 0.3) is 0 Å². The lowest BCUT2D eigenvalue weighted by atomic mass is 10.2. The standard InChI is InChI=1S/C17H16N4O2/c1-11-18-7-8-21(11)16-14(4-2-6-19-16)20-17(22)13-10-12(13)15-5-3-9-23-15/h2-9,12-13H,10H2,1H3,(H,20,22)/t12-,13+/m1/s1. The largest absolute Gasteiger partial charge is 0.469 e. The molecule has 0 saturated heterocycles. The molecule has 1 saturated carbocycles. The number of hydrogen-bond acceptors (Lipinski definition) is 4. The van der Waals surface area contributed by atoms with Crippen LogP contribution in [0.1, 0.15) is 23.9 Å². The molecule has 0 aliphatic heterocycles. The first-order valence-electron chi connectivity index (χ1n) is 7.53. The number of furan rings is 1. The fourth-order valence-corrected chi connectivity index (χ4v) is 2.82. The predicted octanol–water partition coefficient (Wildman–Crippen LogP) is 2.91. The summed E-state index contributed by atoms with van der Waals surface area (Å²) in [4.78, 5) is 21.1. The Morgan fingerprint density at radius 3 is 2.96 bits per heavy atom. The Balaban J connectivity index is 1.54. The van der Waals surface area contributed by atoms with E-state index in [0.29, 0.717) is 11.5 Å². The summed E-state index contributed by atoms with van der Waals surface area (Å²) in [6.45, 7) is 1.90. The third-order valence-corrected chi connectivity index (χ3v) is 4.13. The molecule has 0 spiro atoms. The normalized spacial score (nSPS) is 19.5. The Kier molecular flexibility index (Phi) is 3.22. The Labute approximate surface area is 133 Å². The van der Waals surface area contributed by atoms with Gasteiger partial charge in [0.05, 0.1) is 12.0 Å². The van der Waals surface area contributed by atoms with Crippen LogP contribution >= 0.6 is 0 Å². The molecule has 0 bridgehead atoms. The van der Waals surface area contributed by atoms with Gasteiger partial charge in [-0.15, -0.1) is 0 Å². The number of aryl methyl sites for hydroxylation is 1. The van der Waals surface area contributed by atoms with Gasteiger partial charge in [-0.25, -0.2) is 9.97 Å². The van der Waals surface area contributed by atoms with Gasteiger partial charge < -0.3 is 9.73 Å². The summed E-state index contributed by atoms with van der Waals surface area (Å²) in [6.07, 6.45) is 7.70. The quantitative estimate of drug-likeness (QED) is 0.804. The van der Waals surface area contributed by atoms with Gasteiger partial charge in [0.2, 0.25) is 5.91 Å². The predicted molar refractivity (Wildman–Crippen MR) is 84.3 cm³/mol. The number of imidazole rings is 1. The van der Waals surface area contributed by atoms with E-state index in [2.05, 4.69) is 15.3 Å². The molecule has 1 aliphatic rings. The number of carbonyl (C=O) groups is 1. The number of aromatic nitrogens is 3. The van der Waals surface area contributed by atoms with Gasteiger partial charge in [-0.3, -0.25) is 9.36 Å². The van der Waals surface area contributed by atoms with E-state index in [9.17, 15) is 4.79 Å². The molecule has 1 fully saturated rings. The first-order valence-corrected chi connectivity index (χ1v) is 7.53. The van der Waals surface area contributed by atoms with Crippen molar-refractivity contribution in [2.24, 2.45) is 5.92 Å².